The van der Waals surface area contributed by atoms with Crippen molar-refractivity contribution in [3.05, 3.63) is 160 Å². The van der Waals surface area contributed by atoms with Crippen molar-refractivity contribution in [1.29, 1.82) is 0 Å². The van der Waals surface area contributed by atoms with Crippen LogP contribution in [0.25, 0.3) is 22.3 Å². The Morgan fingerprint density at radius 1 is 0.777 bits per heavy atom. The van der Waals surface area contributed by atoms with Crippen LogP contribution in [-0.4, -0.2) is 217 Å². The number of aromatic nitrogens is 3. The topological polar surface area (TPSA) is 227 Å². The van der Waals surface area contributed by atoms with Gasteiger partial charge in [-0.05, 0) is 102 Å². The lowest BCUT2D eigenvalue weighted by atomic mass is 9.71. The second kappa shape index (κ2) is 28.6. The number of hydrogen-bond acceptors (Lipinski definition) is 16. The van der Waals surface area contributed by atoms with E-state index < -0.39 is 18.1 Å². The molecule has 6 aromatic rings. The number of nitrogens with one attached hydrogen (secondary N) is 3. The zero-order valence-electron chi connectivity index (χ0n) is 53.8. The number of aliphatic hydroxyl groups excluding tert-OH is 1. The Bertz CT molecular complexity index is 3670. The second-order valence-corrected chi connectivity index (χ2v) is 26.9. The Kier molecular flexibility index (Phi) is 19.7. The SMILES string of the molecule is CCc1cccc(-c2cnc(C(=O)N3CCN(CC45CCC(NCC(=O)NCCN(C[C@@H](C(=O)N6CCN(c7ncnc8c7[C@H](C)C[C@H]8O)CC6)c6ccc(Cl)cc6)C(=O)OCC6c7ccccc7-c7ccccc76)(CC4)CO5)CC3)c(NC(=O)CN3CCOCC3)c2)c1. The van der Waals surface area contributed by atoms with Crippen molar-refractivity contribution in [1.82, 2.24) is 50.1 Å². The number of morpholine rings is 1. The molecule has 2 bridgehead atoms. The summed E-state index contributed by atoms with van der Waals surface area (Å²) in [6.45, 7) is 12.5. The minimum Gasteiger partial charge on any atom is -0.448 e. The molecule has 1 saturated carbocycles. The quantitative estimate of drug-likeness (QED) is 0.0547. The fourth-order valence-corrected chi connectivity index (χ4v) is 15.2. The maximum Gasteiger partial charge on any atom is 0.409 e. The first-order chi connectivity index (χ1) is 45.7. The van der Waals surface area contributed by atoms with Gasteiger partial charge in [0.25, 0.3) is 5.91 Å². The second-order valence-electron chi connectivity index (χ2n) is 26.4. The zero-order chi connectivity index (χ0) is 64.9. The molecule has 94 heavy (non-hydrogen) atoms. The van der Waals surface area contributed by atoms with Crippen LogP contribution >= 0.6 is 11.6 Å². The van der Waals surface area contributed by atoms with Gasteiger partial charge in [0, 0.05) is 125 Å². The third kappa shape index (κ3) is 14.2. The van der Waals surface area contributed by atoms with Crippen LogP contribution in [0.3, 0.4) is 0 Å². The average molecular weight is 1300 g/mol. The number of aryl methyl sites for hydroxylation is 1. The highest BCUT2D eigenvalue weighted by Gasteiger charge is 2.51. The number of halogens is 1. The smallest absolute Gasteiger partial charge is 0.409 e. The fourth-order valence-electron chi connectivity index (χ4n) is 15.0. The molecule has 14 rings (SSSR count). The molecule has 4 N–H and O–H groups in total. The Labute approximate surface area is 554 Å². The van der Waals surface area contributed by atoms with Gasteiger partial charge in [-0.1, -0.05) is 110 Å². The number of benzene rings is 4. The summed E-state index contributed by atoms with van der Waals surface area (Å²) >= 11 is 6.43. The van der Waals surface area contributed by atoms with Gasteiger partial charge in [-0.3, -0.25) is 29.0 Å². The molecule has 5 amide bonds. The lowest BCUT2D eigenvalue weighted by Crippen LogP contribution is -2.65. The lowest BCUT2D eigenvalue weighted by molar-refractivity contribution is -0.173. The normalized spacial score (nSPS) is 22.3. The monoisotopic (exact) mass is 1300 g/mol. The summed E-state index contributed by atoms with van der Waals surface area (Å²) in [6, 6.07) is 33.6. The van der Waals surface area contributed by atoms with E-state index in [0.29, 0.717) is 114 Å². The van der Waals surface area contributed by atoms with E-state index in [1.165, 1.54) is 11.9 Å². The minimum atomic E-state index is -0.791. The Hall–Kier alpha value is -7.89. The number of anilines is 2. The fraction of sp³-hybridized carbons (Fsp3) is 0.472. The number of pyridine rings is 1. The maximum absolute atomic E-state index is 15.0. The van der Waals surface area contributed by atoms with Crippen molar-refractivity contribution in [3.8, 4) is 22.3 Å². The van der Waals surface area contributed by atoms with Gasteiger partial charge < -0.3 is 54.9 Å². The highest BCUT2D eigenvalue weighted by molar-refractivity contribution is 6.30. The summed E-state index contributed by atoms with van der Waals surface area (Å²) in [5.41, 5.74) is 9.58. The van der Waals surface area contributed by atoms with Crippen LogP contribution in [0.15, 0.2) is 116 Å². The standard InChI is InChI=1S/C72H85ClN12O9/c1-3-49-9-8-10-51(38-49)52-39-60(79-63(88)43-80-33-35-92-36-34-80)65(75-40-52)69(90)84-27-25-81(26-28-84)45-72-21-19-71(20-22-72,46-94-72)78-41-62(87)74-23-24-85(70(91)93-44-59-56-13-6-4-11-54(56)55-12-5-7-14-57(55)59)42-58(50-15-17-53(73)18-16-50)68(89)83-31-29-82(30-32-83)67-64-48(2)37-61(86)66(64)76-47-77-67/h4-18,38-40,47-48,58-59,61,78,86H,3,19-37,41-46H2,1-2H3,(H,74,87)(H,79,88)/t48-,58-,61-,71?,72?/m1/s1. The molecular weight excluding hydrogens is 1210 g/mol. The molecule has 7 heterocycles. The van der Waals surface area contributed by atoms with Crippen molar-refractivity contribution in [2.75, 3.05) is 141 Å². The third-order valence-corrected chi connectivity index (χ3v) is 20.8. The molecule has 0 unspecified atom stereocenters. The lowest BCUT2D eigenvalue weighted by Gasteiger charge is -2.55. The molecule has 2 aromatic heterocycles. The van der Waals surface area contributed by atoms with E-state index in [0.717, 1.165) is 83.4 Å². The number of nitrogens with zero attached hydrogens (tertiary/aromatic N) is 9. The molecule has 5 aliphatic heterocycles. The highest BCUT2D eigenvalue weighted by atomic mass is 35.5. The number of piperazine rings is 2. The Balaban J connectivity index is 0.622. The summed E-state index contributed by atoms with van der Waals surface area (Å²) in [4.78, 5) is 97.1. The molecule has 3 aliphatic carbocycles. The number of ether oxygens (including phenoxy) is 3. The van der Waals surface area contributed by atoms with Gasteiger partial charge in [0.2, 0.25) is 17.7 Å². The first kappa shape index (κ1) is 64.8. The van der Waals surface area contributed by atoms with E-state index in [4.69, 9.17) is 30.8 Å². The van der Waals surface area contributed by atoms with E-state index in [1.54, 1.807) is 23.2 Å². The molecule has 0 spiro atoms. The van der Waals surface area contributed by atoms with E-state index in [2.05, 4.69) is 86.0 Å². The van der Waals surface area contributed by atoms with Gasteiger partial charge in [0.05, 0.1) is 61.9 Å². The Morgan fingerprint density at radius 3 is 2.19 bits per heavy atom. The van der Waals surface area contributed by atoms with Gasteiger partial charge in [0.1, 0.15) is 18.8 Å². The molecule has 3 atom stereocenters. The molecular formula is C72H85ClN12O9. The van der Waals surface area contributed by atoms with Crippen LogP contribution in [0.4, 0.5) is 16.3 Å². The average Bonchev–Trinajstić information content (AvgIpc) is 1.29. The molecule has 22 heteroatoms. The van der Waals surface area contributed by atoms with Crippen molar-refractivity contribution in [2.45, 2.75) is 87.4 Å². The number of amides is 5. The number of hydrogen-bond donors (Lipinski definition) is 4. The van der Waals surface area contributed by atoms with Crippen LogP contribution in [-0.2, 0) is 35.0 Å². The Morgan fingerprint density at radius 2 is 1.49 bits per heavy atom. The molecule has 4 aromatic carbocycles. The summed E-state index contributed by atoms with van der Waals surface area (Å²) in [5.74, 6) is -0.887. The molecule has 21 nitrogen and oxygen atoms in total. The van der Waals surface area contributed by atoms with Crippen LogP contribution < -0.4 is 20.9 Å². The van der Waals surface area contributed by atoms with E-state index >= 15 is 4.79 Å². The van der Waals surface area contributed by atoms with Crippen LogP contribution in [0.1, 0.15) is 114 Å². The van der Waals surface area contributed by atoms with Gasteiger partial charge in [-0.25, -0.2) is 19.7 Å². The number of aliphatic hydroxyl groups is 1. The van der Waals surface area contributed by atoms with E-state index in [-0.39, 0.29) is 91.6 Å². The van der Waals surface area contributed by atoms with Crippen molar-refractivity contribution in [2.24, 2.45) is 0 Å². The van der Waals surface area contributed by atoms with Crippen LogP contribution in [0, 0.1) is 0 Å². The summed E-state index contributed by atoms with van der Waals surface area (Å²) < 4.78 is 18.5. The summed E-state index contributed by atoms with van der Waals surface area (Å²) in [5, 5.41) is 20.9. The number of rotatable bonds is 21. The van der Waals surface area contributed by atoms with Crippen molar-refractivity contribution >= 4 is 52.8 Å². The summed E-state index contributed by atoms with van der Waals surface area (Å²) in [6.07, 6.45) is 6.77. The first-order valence-electron chi connectivity index (χ1n) is 33.5. The first-order valence-corrected chi connectivity index (χ1v) is 33.9. The predicted octanol–water partition coefficient (Wildman–Crippen LogP) is 7.49. The molecule has 6 fully saturated rings. The largest absolute Gasteiger partial charge is 0.448 e. The number of carbonyl (C=O) groups is 5. The number of fused-ring (bicyclic) bond motifs is 7. The molecule has 5 saturated heterocycles. The highest BCUT2D eigenvalue weighted by Crippen LogP contribution is 2.47. The predicted molar refractivity (Wildman–Crippen MR) is 358 cm³/mol. The van der Waals surface area contributed by atoms with Gasteiger partial charge in [-0.2, -0.15) is 0 Å². The van der Waals surface area contributed by atoms with Gasteiger partial charge >= 0.3 is 6.09 Å². The third-order valence-electron chi connectivity index (χ3n) is 20.5. The van der Waals surface area contributed by atoms with E-state index in [1.807, 2.05) is 69.3 Å². The van der Waals surface area contributed by atoms with Crippen molar-refractivity contribution < 1.29 is 43.3 Å². The zero-order valence-corrected chi connectivity index (χ0v) is 54.5. The minimum absolute atomic E-state index is 0.0182. The van der Waals surface area contributed by atoms with Gasteiger partial charge in [0.15, 0.2) is 5.69 Å². The maximum atomic E-state index is 15.0. The van der Waals surface area contributed by atoms with Crippen LogP contribution in [0.5, 0.6) is 0 Å². The van der Waals surface area contributed by atoms with Gasteiger partial charge in [-0.15, -0.1) is 0 Å². The van der Waals surface area contributed by atoms with Crippen LogP contribution in [0.2, 0.25) is 5.02 Å². The van der Waals surface area contributed by atoms with Crippen molar-refractivity contribution in [3.63, 3.8) is 0 Å². The summed E-state index contributed by atoms with van der Waals surface area (Å²) in [7, 11) is 0. The van der Waals surface area contributed by atoms with E-state index in [9.17, 15) is 24.3 Å². The number of carbonyl (C=O) groups excluding carboxylic acids is 5. The molecule has 0 radical (unpaired) electrons. The molecule has 8 aliphatic rings. The molecule has 494 valence electrons.